The van der Waals surface area contributed by atoms with Gasteiger partial charge in [0.2, 0.25) is 11.8 Å². The van der Waals surface area contributed by atoms with Crippen molar-refractivity contribution in [1.29, 1.82) is 0 Å². The zero-order valence-corrected chi connectivity index (χ0v) is 13.3. The molecular formula is C15H19BrN2O2. The molecule has 2 amide bonds. The van der Waals surface area contributed by atoms with E-state index in [4.69, 9.17) is 0 Å². The monoisotopic (exact) mass is 338 g/mol. The molecule has 4 nitrogen and oxygen atoms in total. The third-order valence-electron chi connectivity index (χ3n) is 3.69. The normalized spacial score (nSPS) is 21.6. The number of halogens is 1. The average molecular weight is 339 g/mol. The highest BCUT2D eigenvalue weighted by atomic mass is 79.9. The molecular weight excluding hydrogens is 320 g/mol. The van der Waals surface area contributed by atoms with Crippen molar-refractivity contribution >= 4 is 33.4 Å². The van der Waals surface area contributed by atoms with Crippen LogP contribution in [0, 0.1) is 6.92 Å². The maximum Gasteiger partial charge on any atom is 0.224 e. The summed E-state index contributed by atoms with van der Waals surface area (Å²) in [5.41, 5.74) is 1.65. The van der Waals surface area contributed by atoms with Gasteiger partial charge >= 0.3 is 0 Å². The van der Waals surface area contributed by atoms with Crippen molar-refractivity contribution < 1.29 is 9.59 Å². The van der Waals surface area contributed by atoms with Gasteiger partial charge in [0.1, 0.15) is 0 Å². The van der Waals surface area contributed by atoms with Crippen LogP contribution in [0.25, 0.3) is 0 Å². The fourth-order valence-corrected chi connectivity index (χ4v) is 2.62. The summed E-state index contributed by atoms with van der Waals surface area (Å²) in [6, 6.07) is 5.72. The molecule has 0 spiro atoms. The van der Waals surface area contributed by atoms with Crippen molar-refractivity contribution in [3.05, 3.63) is 28.2 Å². The smallest absolute Gasteiger partial charge is 0.224 e. The summed E-state index contributed by atoms with van der Waals surface area (Å²) >= 11 is 3.43. The summed E-state index contributed by atoms with van der Waals surface area (Å²) in [6.07, 6.45) is 2.44. The standard InChI is InChI=1S/C15H19BrN2O2/c1-10-9-11(3-4-12(10)16)17-13(19)5-7-15(2)8-6-14(20)18-15/h3-4,9H,5-8H2,1-2H3,(H,17,19)(H,18,20)/t15-/m0/s1. The molecule has 1 saturated heterocycles. The van der Waals surface area contributed by atoms with Gasteiger partial charge in [-0.15, -0.1) is 0 Å². The molecule has 0 radical (unpaired) electrons. The lowest BCUT2D eigenvalue weighted by atomic mass is 9.94. The van der Waals surface area contributed by atoms with E-state index in [9.17, 15) is 9.59 Å². The van der Waals surface area contributed by atoms with Crippen molar-refractivity contribution in [1.82, 2.24) is 5.32 Å². The lowest BCUT2D eigenvalue weighted by Gasteiger charge is -2.23. The molecule has 1 aromatic carbocycles. The van der Waals surface area contributed by atoms with Crippen LogP contribution in [0.1, 0.15) is 38.2 Å². The van der Waals surface area contributed by atoms with Crippen LogP contribution in [0.4, 0.5) is 5.69 Å². The first-order valence-electron chi connectivity index (χ1n) is 6.75. The second kappa shape index (κ2) is 5.95. The number of aryl methyl sites for hydroxylation is 1. The number of nitrogens with one attached hydrogen (secondary N) is 2. The predicted octanol–water partition coefficient (Wildman–Crippen LogP) is 3.14. The lowest BCUT2D eigenvalue weighted by molar-refractivity contribution is -0.120. The molecule has 5 heteroatoms. The molecule has 0 aliphatic carbocycles. The summed E-state index contributed by atoms with van der Waals surface area (Å²) in [5, 5.41) is 5.83. The second-order valence-corrected chi connectivity index (χ2v) is 6.48. The topological polar surface area (TPSA) is 58.2 Å². The van der Waals surface area contributed by atoms with Crippen molar-refractivity contribution in [2.45, 2.75) is 45.1 Å². The van der Waals surface area contributed by atoms with Gasteiger partial charge in [-0.05, 0) is 50.5 Å². The number of amides is 2. The van der Waals surface area contributed by atoms with Gasteiger partial charge in [0.15, 0.2) is 0 Å². The number of rotatable bonds is 4. The molecule has 2 rings (SSSR count). The molecule has 108 valence electrons. The van der Waals surface area contributed by atoms with Crippen LogP contribution < -0.4 is 10.6 Å². The lowest BCUT2D eigenvalue weighted by Crippen LogP contribution is -2.39. The molecule has 2 N–H and O–H groups in total. The number of carbonyl (C=O) groups excluding carboxylic acids is 2. The molecule has 0 unspecified atom stereocenters. The van der Waals surface area contributed by atoms with E-state index in [1.54, 1.807) is 0 Å². The van der Waals surface area contributed by atoms with Crippen LogP contribution in [0.3, 0.4) is 0 Å². The Kier molecular flexibility index (Phi) is 4.48. The average Bonchev–Trinajstić information content (AvgIpc) is 2.72. The van der Waals surface area contributed by atoms with E-state index in [1.165, 1.54) is 0 Å². The number of benzene rings is 1. The summed E-state index contributed by atoms with van der Waals surface area (Å²) < 4.78 is 1.02. The highest BCUT2D eigenvalue weighted by molar-refractivity contribution is 9.10. The van der Waals surface area contributed by atoms with Crippen LogP contribution in [0.2, 0.25) is 0 Å². The largest absolute Gasteiger partial charge is 0.351 e. The zero-order chi connectivity index (χ0) is 14.8. The molecule has 1 aliphatic rings. The fourth-order valence-electron chi connectivity index (χ4n) is 2.37. The van der Waals surface area contributed by atoms with E-state index in [0.29, 0.717) is 19.3 Å². The third-order valence-corrected chi connectivity index (χ3v) is 4.58. The Bertz CT molecular complexity index is 545. The van der Waals surface area contributed by atoms with Gasteiger partial charge < -0.3 is 10.6 Å². The molecule has 0 bridgehead atoms. The molecule has 1 fully saturated rings. The Balaban J connectivity index is 1.86. The van der Waals surface area contributed by atoms with E-state index in [-0.39, 0.29) is 17.4 Å². The fraction of sp³-hybridized carbons (Fsp3) is 0.467. The Labute approximate surface area is 127 Å². The first kappa shape index (κ1) is 15.0. The second-order valence-electron chi connectivity index (χ2n) is 5.62. The van der Waals surface area contributed by atoms with Crippen LogP contribution in [-0.4, -0.2) is 17.4 Å². The number of hydrogen-bond acceptors (Lipinski definition) is 2. The van der Waals surface area contributed by atoms with E-state index in [0.717, 1.165) is 22.1 Å². The number of carbonyl (C=O) groups is 2. The van der Waals surface area contributed by atoms with Gasteiger partial charge in [0.25, 0.3) is 0 Å². The van der Waals surface area contributed by atoms with Crippen molar-refractivity contribution in [3.8, 4) is 0 Å². The van der Waals surface area contributed by atoms with Gasteiger partial charge in [0.05, 0.1) is 0 Å². The summed E-state index contributed by atoms with van der Waals surface area (Å²) in [7, 11) is 0. The minimum atomic E-state index is -0.232. The Morgan fingerprint density at radius 3 is 2.85 bits per heavy atom. The third kappa shape index (κ3) is 3.82. The molecule has 1 aliphatic heterocycles. The van der Waals surface area contributed by atoms with Gasteiger partial charge in [-0.2, -0.15) is 0 Å². The molecule has 20 heavy (non-hydrogen) atoms. The molecule has 0 aromatic heterocycles. The highest BCUT2D eigenvalue weighted by Gasteiger charge is 2.32. The summed E-state index contributed by atoms with van der Waals surface area (Å²) in [5.74, 6) is 0.0607. The van der Waals surface area contributed by atoms with E-state index in [2.05, 4.69) is 26.6 Å². The first-order valence-corrected chi connectivity index (χ1v) is 7.54. The SMILES string of the molecule is Cc1cc(NC(=O)CC[C@@]2(C)CCC(=O)N2)ccc1Br. The Morgan fingerprint density at radius 1 is 1.50 bits per heavy atom. The minimum Gasteiger partial charge on any atom is -0.351 e. The summed E-state index contributed by atoms with van der Waals surface area (Å²) in [4.78, 5) is 23.2. The van der Waals surface area contributed by atoms with E-state index in [1.807, 2.05) is 32.0 Å². The molecule has 1 heterocycles. The van der Waals surface area contributed by atoms with Crippen LogP contribution in [-0.2, 0) is 9.59 Å². The molecule has 0 saturated carbocycles. The van der Waals surface area contributed by atoms with Crippen LogP contribution in [0.15, 0.2) is 22.7 Å². The van der Waals surface area contributed by atoms with Crippen LogP contribution in [0.5, 0.6) is 0 Å². The van der Waals surface area contributed by atoms with E-state index >= 15 is 0 Å². The van der Waals surface area contributed by atoms with Crippen molar-refractivity contribution in [2.75, 3.05) is 5.32 Å². The first-order chi connectivity index (χ1) is 9.38. The quantitative estimate of drug-likeness (QED) is 0.885. The van der Waals surface area contributed by atoms with Crippen LogP contribution >= 0.6 is 15.9 Å². The summed E-state index contributed by atoms with van der Waals surface area (Å²) in [6.45, 7) is 3.98. The van der Waals surface area contributed by atoms with Crippen molar-refractivity contribution in [3.63, 3.8) is 0 Å². The molecule has 1 atom stereocenters. The van der Waals surface area contributed by atoms with Gasteiger partial charge in [-0.1, -0.05) is 15.9 Å². The maximum atomic E-state index is 12.0. The number of hydrogen-bond donors (Lipinski definition) is 2. The Morgan fingerprint density at radius 2 is 2.25 bits per heavy atom. The number of anilines is 1. The van der Waals surface area contributed by atoms with Gasteiger partial charge in [-0.25, -0.2) is 0 Å². The zero-order valence-electron chi connectivity index (χ0n) is 11.8. The maximum absolute atomic E-state index is 12.0. The van der Waals surface area contributed by atoms with E-state index < -0.39 is 0 Å². The predicted molar refractivity (Wildman–Crippen MR) is 82.5 cm³/mol. The Hall–Kier alpha value is -1.36. The highest BCUT2D eigenvalue weighted by Crippen LogP contribution is 2.25. The molecule has 1 aromatic rings. The van der Waals surface area contributed by atoms with Gasteiger partial charge in [0, 0.05) is 28.5 Å². The van der Waals surface area contributed by atoms with Crippen molar-refractivity contribution in [2.24, 2.45) is 0 Å². The minimum absolute atomic E-state index is 0.0194. The van der Waals surface area contributed by atoms with Gasteiger partial charge in [-0.3, -0.25) is 9.59 Å².